The molecular weight excluding hydrogens is 395 g/mol. The molecule has 2 aromatic carbocycles. The van der Waals surface area contributed by atoms with Crippen LogP contribution in [0, 0.1) is 12.7 Å². The van der Waals surface area contributed by atoms with Gasteiger partial charge in [-0.2, -0.15) is 0 Å². The number of nitrogens with one attached hydrogen (secondary N) is 1. The van der Waals surface area contributed by atoms with Gasteiger partial charge in [0.2, 0.25) is 11.0 Å². The van der Waals surface area contributed by atoms with Crippen LogP contribution in [0.3, 0.4) is 0 Å². The third-order valence-corrected chi connectivity index (χ3v) is 5.92. The van der Waals surface area contributed by atoms with E-state index in [2.05, 4.69) is 20.1 Å². The van der Waals surface area contributed by atoms with Crippen LogP contribution in [0.4, 0.5) is 9.52 Å². The van der Waals surface area contributed by atoms with Crippen LogP contribution >= 0.6 is 23.1 Å². The van der Waals surface area contributed by atoms with Crippen molar-refractivity contribution in [1.29, 1.82) is 0 Å². The first-order valence-electron chi connectivity index (χ1n) is 8.63. The van der Waals surface area contributed by atoms with Crippen LogP contribution in [0.5, 0.6) is 0 Å². The molecule has 0 bridgehead atoms. The molecule has 0 aliphatic carbocycles. The number of para-hydroxylation sites is 1. The van der Waals surface area contributed by atoms with E-state index in [0.717, 1.165) is 26.4 Å². The average Bonchev–Trinajstić information content (AvgIpc) is 3.24. The number of carbonyl (C=O) groups is 1. The lowest BCUT2D eigenvalue weighted by molar-refractivity contribution is -0.113. The van der Waals surface area contributed by atoms with E-state index in [9.17, 15) is 9.18 Å². The standard InChI is InChI=1S/C20H17FN4OS2/c1-13-23-24-20(28-13)22-19(26)12-27-18-11-25(17-8-3-2-7-16(17)18)10-14-5-4-6-15(21)9-14/h2-9,11H,10,12H2,1H3,(H,22,24,26). The third kappa shape index (κ3) is 4.23. The van der Waals surface area contributed by atoms with E-state index in [1.165, 1.54) is 29.2 Å². The Morgan fingerprint density at radius 2 is 2.07 bits per heavy atom. The normalized spacial score (nSPS) is 11.1. The molecule has 0 unspecified atom stereocenters. The van der Waals surface area contributed by atoms with Crippen LogP contribution in [0.2, 0.25) is 0 Å². The lowest BCUT2D eigenvalue weighted by Gasteiger charge is -2.05. The minimum Gasteiger partial charge on any atom is -0.342 e. The highest BCUT2D eigenvalue weighted by atomic mass is 32.2. The fourth-order valence-electron chi connectivity index (χ4n) is 2.94. The van der Waals surface area contributed by atoms with Crippen molar-refractivity contribution >= 4 is 45.0 Å². The highest BCUT2D eigenvalue weighted by Crippen LogP contribution is 2.30. The minimum atomic E-state index is -0.243. The Hall–Kier alpha value is -2.71. The van der Waals surface area contributed by atoms with Gasteiger partial charge in [0.15, 0.2) is 0 Å². The van der Waals surface area contributed by atoms with Crippen molar-refractivity contribution < 1.29 is 9.18 Å². The molecule has 0 spiro atoms. The maximum Gasteiger partial charge on any atom is 0.236 e. The largest absolute Gasteiger partial charge is 0.342 e. The molecule has 1 N–H and O–H groups in total. The Bertz CT molecular complexity index is 1140. The number of aryl methyl sites for hydroxylation is 1. The van der Waals surface area contributed by atoms with Crippen LogP contribution in [-0.4, -0.2) is 26.4 Å². The summed E-state index contributed by atoms with van der Waals surface area (Å²) in [5, 5.41) is 13.0. The van der Waals surface area contributed by atoms with E-state index in [1.807, 2.05) is 43.5 Å². The van der Waals surface area contributed by atoms with Gasteiger partial charge in [0.05, 0.1) is 5.75 Å². The van der Waals surface area contributed by atoms with Crippen molar-refractivity contribution in [2.75, 3.05) is 11.1 Å². The summed E-state index contributed by atoms with van der Waals surface area (Å²) >= 11 is 2.82. The van der Waals surface area contributed by atoms with Crippen LogP contribution in [0.15, 0.2) is 59.6 Å². The first kappa shape index (κ1) is 18.6. The monoisotopic (exact) mass is 412 g/mol. The zero-order valence-corrected chi connectivity index (χ0v) is 16.7. The molecule has 2 heterocycles. The molecule has 28 heavy (non-hydrogen) atoms. The highest BCUT2D eigenvalue weighted by molar-refractivity contribution is 8.00. The van der Waals surface area contributed by atoms with Crippen molar-refractivity contribution in [3.8, 4) is 0 Å². The predicted molar refractivity (Wildman–Crippen MR) is 111 cm³/mol. The topological polar surface area (TPSA) is 59.8 Å². The number of hydrogen-bond donors (Lipinski definition) is 1. The van der Waals surface area contributed by atoms with Crippen LogP contribution < -0.4 is 5.32 Å². The summed E-state index contributed by atoms with van der Waals surface area (Å²) in [6.07, 6.45) is 2.02. The summed E-state index contributed by atoms with van der Waals surface area (Å²) in [5.41, 5.74) is 1.94. The molecule has 142 valence electrons. The fraction of sp³-hybridized carbons (Fsp3) is 0.150. The second-order valence-electron chi connectivity index (χ2n) is 6.23. The van der Waals surface area contributed by atoms with Crippen molar-refractivity contribution in [2.45, 2.75) is 18.4 Å². The molecule has 0 aliphatic heterocycles. The number of carbonyl (C=O) groups excluding carboxylic acids is 1. The number of nitrogens with zero attached hydrogens (tertiary/aromatic N) is 3. The van der Waals surface area contributed by atoms with Gasteiger partial charge in [-0.1, -0.05) is 41.7 Å². The molecular formula is C20H17FN4OS2. The van der Waals surface area contributed by atoms with Crippen LogP contribution in [0.25, 0.3) is 10.9 Å². The minimum absolute atomic E-state index is 0.122. The van der Waals surface area contributed by atoms with Gasteiger partial charge >= 0.3 is 0 Å². The van der Waals surface area contributed by atoms with Gasteiger partial charge in [-0.3, -0.25) is 10.1 Å². The second-order valence-corrected chi connectivity index (χ2v) is 8.43. The van der Waals surface area contributed by atoms with Crippen LogP contribution in [-0.2, 0) is 11.3 Å². The first-order chi connectivity index (χ1) is 13.6. The third-order valence-electron chi connectivity index (χ3n) is 4.13. The summed E-state index contributed by atoms with van der Waals surface area (Å²) in [4.78, 5) is 13.2. The van der Waals surface area contributed by atoms with Crippen molar-refractivity contribution in [3.63, 3.8) is 0 Å². The van der Waals surface area contributed by atoms with Crippen LogP contribution in [0.1, 0.15) is 10.6 Å². The molecule has 0 aliphatic rings. The molecule has 4 aromatic rings. The number of anilines is 1. The van der Waals surface area contributed by atoms with E-state index in [-0.39, 0.29) is 17.5 Å². The number of thioether (sulfide) groups is 1. The van der Waals surface area contributed by atoms with Gasteiger partial charge in [-0.15, -0.1) is 22.0 Å². The molecule has 0 atom stereocenters. The number of amides is 1. The molecule has 0 radical (unpaired) electrons. The summed E-state index contributed by atoms with van der Waals surface area (Å²) < 4.78 is 15.6. The Morgan fingerprint density at radius 1 is 1.21 bits per heavy atom. The SMILES string of the molecule is Cc1nnc(NC(=O)CSc2cn(Cc3cccc(F)c3)c3ccccc23)s1. The fourth-order valence-corrected chi connectivity index (χ4v) is 4.43. The Morgan fingerprint density at radius 3 is 2.86 bits per heavy atom. The number of halogens is 1. The predicted octanol–water partition coefficient (Wildman–Crippen LogP) is 4.72. The molecule has 1 amide bonds. The zero-order valence-electron chi connectivity index (χ0n) is 15.1. The Kier molecular flexibility index (Phi) is 5.40. The van der Waals surface area contributed by atoms with Gasteiger partial charge < -0.3 is 4.57 Å². The van der Waals surface area contributed by atoms with Gasteiger partial charge in [0, 0.05) is 28.5 Å². The summed E-state index contributed by atoms with van der Waals surface area (Å²) in [5.74, 6) is -0.0951. The van der Waals surface area contributed by atoms with E-state index < -0.39 is 0 Å². The lowest BCUT2D eigenvalue weighted by Crippen LogP contribution is -2.13. The molecule has 8 heteroatoms. The van der Waals surface area contributed by atoms with Gasteiger partial charge in [0.1, 0.15) is 10.8 Å². The summed E-state index contributed by atoms with van der Waals surface area (Å²) in [6, 6.07) is 14.6. The van der Waals surface area contributed by atoms with E-state index >= 15 is 0 Å². The smallest absolute Gasteiger partial charge is 0.236 e. The Balaban J connectivity index is 1.51. The maximum absolute atomic E-state index is 13.5. The van der Waals surface area contributed by atoms with Gasteiger partial charge in [-0.25, -0.2) is 4.39 Å². The molecule has 0 saturated heterocycles. The summed E-state index contributed by atoms with van der Waals surface area (Å²) in [6.45, 7) is 2.41. The molecule has 2 aromatic heterocycles. The average molecular weight is 413 g/mol. The van der Waals surface area contributed by atoms with Gasteiger partial charge in [0.25, 0.3) is 0 Å². The number of benzene rings is 2. The highest BCUT2D eigenvalue weighted by Gasteiger charge is 2.12. The quantitative estimate of drug-likeness (QED) is 0.466. The number of rotatable bonds is 6. The first-order valence-corrected chi connectivity index (χ1v) is 10.4. The molecule has 0 saturated carbocycles. The van der Waals surface area contributed by atoms with E-state index in [0.29, 0.717) is 11.7 Å². The maximum atomic E-state index is 13.5. The second kappa shape index (κ2) is 8.12. The van der Waals surface area contributed by atoms with Gasteiger partial charge in [-0.05, 0) is 30.7 Å². The number of aromatic nitrogens is 3. The zero-order chi connectivity index (χ0) is 19.5. The van der Waals surface area contributed by atoms with E-state index in [4.69, 9.17) is 0 Å². The molecule has 0 fully saturated rings. The van der Waals surface area contributed by atoms with Crippen molar-refractivity contribution in [2.24, 2.45) is 0 Å². The molecule has 4 rings (SSSR count). The van der Waals surface area contributed by atoms with Crippen molar-refractivity contribution in [3.05, 3.63) is 71.1 Å². The number of hydrogen-bond acceptors (Lipinski definition) is 5. The number of fused-ring (bicyclic) bond motifs is 1. The molecule has 5 nitrogen and oxygen atoms in total. The van der Waals surface area contributed by atoms with Crippen molar-refractivity contribution in [1.82, 2.24) is 14.8 Å². The Labute approximate surface area is 169 Å². The van der Waals surface area contributed by atoms with E-state index in [1.54, 1.807) is 12.1 Å². The lowest BCUT2D eigenvalue weighted by atomic mass is 10.2. The summed E-state index contributed by atoms with van der Waals surface area (Å²) in [7, 11) is 0.